The van der Waals surface area contributed by atoms with E-state index in [0.717, 1.165) is 18.4 Å². The van der Waals surface area contributed by atoms with Gasteiger partial charge >= 0.3 is 0 Å². The van der Waals surface area contributed by atoms with Crippen molar-refractivity contribution in [2.45, 2.75) is 18.3 Å². The van der Waals surface area contributed by atoms with E-state index in [9.17, 15) is 0 Å². The van der Waals surface area contributed by atoms with Gasteiger partial charge in [-0.2, -0.15) is 5.26 Å². The lowest BCUT2D eigenvalue weighted by Crippen LogP contribution is -2.03. The minimum Gasteiger partial charge on any atom is -0.399 e. The fraction of sp³-hybridized carbons (Fsp3) is 0.300. The maximum Gasteiger partial charge on any atom is 0.0838 e. The summed E-state index contributed by atoms with van der Waals surface area (Å²) < 4.78 is 0. The van der Waals surface area contributed by atoms with Gasteiger partial charge in [-0.05, 0) is 30.5 Å². The van der Waals surface area contributed by atoms with Crippen molar-refractivity contribution in [3.63, 3.8) is 0 Å². The second-order valence-corrected chi connectivity index (χ2v) is 3.84. The number of hydrogen-bond donors (Lipinski definition) is 1. The summed E-state index contributed by atoms with van der Waals surface area (Å²) in [6.07, 6.45) is 1.82. The maximum absolute atomic E-state index is 8.96. The van der Waals surface area contributed by atoms with Crippen molar-refractivity contribution in [1.29, 1.82) is 5.26 Å². The van der Waals surface area contributed by atoms with Gasteiger partial charge in [-0.25, -0.2) is 0 Å². The molecule has 1 fully saturated rings. The van der Waals surface area contributed by atoms with E-state index in [0.29, 0.717) is 10.7 Å². The van der Waals surface area contributed by atoms with Gasteiger partial charge in [0.15, 0.2) is 0 Å². The average Bonchev–Trinajstić information content (AvgIpc) is 2.85. The topological polar surface area (TPSA) is 49.8 Å². The summed E-state index contributed by atoms with van der Waals surface area (Å²) in [5.41, 5.74) is 6.81. The van der Waals surface area contributed by atoms with Crippen LogP contribution in [0.4, 0.5) is 5.69 Å². The molecule has 0 aliphatic heterocycles. The quantitative estimate of drug-likeness (QED) is 0.695. The highest BCUT2D eigenvalue weighted by atomic mass is 35.5. The number of benzene rings is 1. The first-order valence-electron chi connectivity index (χ1n) is 4.15. The Bertz CT molecular complexity index is 388. The molecule has 0 amide bonds. The molecule has 0 radical (unpaired) electrons. The van der Waals surface area contributed by atoms with E-state index in [-0.39, 0.29) is 5.41 Å². The van der Waals surface area contributed by atoms with Crippen LogP contribution >= 0.6 is 11.6 Å². The Morgan fingerprint density at radius 2 is 2.15 bits per heavy atom. The Labute approximate surface area is 81.9 Å². The Hall–Kier alpha value is -1.20. The standard InChI is InChI=1S/C10H9ClN2/c11-9-5-7(13)1-2-8(9)10(6-12)3-4-10/h1-2,5H,3-4,13H2. The lowest BCUT2D eigenvalue weighted by atomic mass is 9.97. The van der Waals surface area contributed by atoms with E-state index in [1.165, 1.54) is 0 Å². The molecule has 3 heteroatoms. The highest BCUT2D eigenvalue weighted by Crippen LogP contribution is 2.50. The van der Waals surface area contributed by atoms with Crippen LogP contribution in [-0.2, 0) is 5.41 Å². The molecule has 0 unspecified atom stereocenters. The van der Waals surface area contributed by atoms with Gasteiger partial charge in [0.2, 0.25) is 0 Å². The molecule has 66 valence electrons. The van der Waals surface area contributed by atoms with E-state index in [1.54, 1.807) is 12.1 Å². The molecular formula is C10H9ClN2. The molecule has 0 spiro atoms. The van der Waals surface area contributed by atoms with Crippen molar-refractivity contribution >= 4 is 17.3 Å². The highest BCUT2D eigenvalue weighted by Gasteiger charge is 2.46. The Balaban J connectivity index is 2.48. The van der Waals surface area contributed by atoms with Gasteiger partial charge in [-0.1, -0.05) is 17.7 Å². The van der Waals surface area contributed by atoms with E-state index >= 15 is 0 Å². The maximum atomic E-state index is 8.96. The smallest absolute Gasteiger partial charge is 0.0838 e. The van der Waals surface area contributed by atoms with Crippen LogP contribution < -0.4 is 5.73 Å². The van der Waals surface area contributed by atoms with Crippen LogP contribution in [0.15, 0.2) is 18.2 Å². The van der Waals surface area contributed by atoms with Crippen LogP contribution in [0, 0.1) is 11.3 Å². The van der Waals surface area contributed by atoms with Crippen LogP contribution in [0.25, 0.3) is 0 Å². The van der Waals surface area contributed by atoms with Crippen LogP contribution in [0.2, 0.25) is 5.02 Å². The summed E-state index contributed by atoms with van der Waals surface area (Å²) in [5.74, 6) is 0. The molecule has 0 bridgehead atoms. The van der Waals surface area contributed by atoms with Crippen molar-refractivity contribution in [3.8, 4) is 6.07 Å². The lowest BCUT2D eigenvalue weighted by molar-refractivity contribution is 0.909. The van der Waals surface area contributed by atoms with Crippen molar-refractivity contribution in [2.24, 2.45) is 0 Å². The molecule has 1 aliphatic rings. The third-order valence-corrected chi connectivity index (χ3v) is 2.79. The molecule has 0 aromatic heterocycles. The first kappa shape index (κ1) is 8.40. The first-order valence-corrected chi connectivity index (χ1v) is 4.52. The van der Waals surface area contributed by atoms with Crippen LogP contribution in [0.3, 0.4) is 0 Å². The summed E-state index contributed by atoms with van der Waals surface area (Å²) in [6, 6.07) is 7.65. The van der Waals surface area contributed by atoms with Gasteiger partial charge < -0.3 is 5.73 Å². The predicted octanol–water partition coefficient (Wildman–Crippen LogP) is 2.48. The zero-order valence-corrected chi connectivity index (χ0v) is 7.80. The van der Waals surface area contributed by atoms with Gasteiger partial charge in [0.05, 0.1) is 11.5 Å². The summed E-state index contributed by atoms with van der Waals surface area (Å²) in [6.45, 7) is 0. The van der Waals surface area contributed by atoms with Crippen LogP contribution in [0.5, 0.6) is 0 Å². The Morgan fingerprint density at radius 3 is 2.62 bits per heavy atom. The molecular weight excluding hydrogens is 184 g/mol. The number of nitrogens with zero attached hydrogens (tertiary/aromatic N) is 1. The number of hydrogen-bond acceptors (Lipinski definition) is 2. The number of nitrogens with two attached hydrogens (primary N) is 1. The molecule has 1 saturated carbocycles. The molecule has 1 aromatic carbocycles. The van der Waals surface area contributed by atoms with Gasteiger partial charge in [0, 0.05) is 10.7 Å². The zero-order valence-electron chi connectivity index (χ0n) is 7.05. The Kier molecular flexibility index (Phi) is 1.71. The summed E-state index contributed by atoms with van der Waals surface area (Å²) in [7, 11) is 0. The summed E-state index contributed by atoms with van der Waals surface area (Å²) in [5, 5.41) is 9.57. The number of rotatable bonds is 1. The van der Waals surface area contributed by atoms with Crippen molar-refractivity contribution in [2.75, 3.05) is 5.73 Å². The van der Waals surface area contributed by atoms with E-state index in [4.69, 9.17) is 22.6 Å². The second-order valence-electron chi connectivity index (χ2n) is 3.43. The SMILES string of the molecule is N#CC1(c2ccc(N)cc2Cl)CC1. The van der Waals surface area contributed by atoms with Crippen molar-refractivity contribution < 1.29 is 0 Å². The van der Waals surface area contributed by atoms with Crippen molar-refractivity contribution in [1.82, 2.24) is 0 Å². The third-order valence-electron chi connectivity index (χ3n) is 2.47. The monoisotopic (exact) mass is 192 g/mol. The molecule has 13 heavy (non-hydrogen) atoms. The molecule has 0 atom stereocenters. The highest BCUT2D eigenvalue weighted by molar-refractivity contribution is 6.31. The van der Waals surface area contributed by atoms with Crippen molar-refractivity contribution in [3.05, 3.63) is 28.8 Å². The first-order chi connectivity index (χ1) is 6.18. The van der Waals surface area contributed by atoms with Gasteiger partial charge in [-0.3, -0.25) is 0 Å². The molecule has 2 N–H and O–H groups in total. The second kappa shape index (κ2) is 2.65. The van der Waals surface area contributed by atoms with E-state index < -0.39 is 0 Å². The van der Waals surface area contributed by atoms with E-state index in [2.05, 4.69) is 6.07 Å². The van der Waals surface area contributed by atoms with Gasteiger partial charge in [0.25, 0.3) is 0 Å². The largest absolute Gasteiger partial charge is 0.399 e. The minimum atomic E-state index is -0.315. The fourth-order valence-corrected chi connectivity index (χ4v) is 1.86. The number of anilines is 1. The molecule has 0 saturated heterocycles. The predicted molar refractivity (Wildman–Crippen MR) is 52.4 cm³/mol. The lowest BCUT2D eigenvalue weighted by Gasteiger charge is -2.08. The number of halogens is 1. The molecule has 0 heterocycles. The molecule has 1 aliphatic carbocycles. The number of nitriles is 1. The van der Waals surface area contributed by atoms with Crippen LogP contribution in [-0.4, -0.2) is 0 Å². The normalized spacial score (nSPS) is 17.8. The molecule has 1 aromatic rings. The van der Waals surface area contributed by atoms with E-state index in [1.807, 2.05) is 6.07 Å². The average molecular weight is 193 g/mol. The molecule has 2 rings (SSSR count). The summed E-state index contributed by atoms with van der Waals surface area (Å²) in [4.78, 5) is 0. The number of nitrogen functional groups attached to an aromatic ring is 1. The van der Waals surface area contributed by atoms with Gasteiger partial charge in [-0.15, -0.1) is 0 Å². The summed E-state index contributed by atoms with van der Waals surface area (Å²) >= 11 is 6.00. The zero-order chi connectivity index (χ0) is 9.47. The Morgan fingerprint density at radius 1 is 1.46 bits per heavy atom. The third kappa shape index (κ3) is 1.26. The minimum absolute atomic E-state index is 0.315. The fourth-order valence-electron chi connectivity index (χ4n) is 1.49. The molecule has 2 nitrogen and oxygen atoms in total. The van der Waals surface area contributed by atoms with Gasteiger partial charge in [0.1, 0.15) is 0 Å². The van der Waals surface area contributed by atoms with Crippen LogP contribution in [0.1, 0.15) is 18.4 Å².